The number of azo groups is 1. The average molecular weight is 229 g/mol. The number of hydrogen-bond donors (Lipinski definition) is 1. The minimum absolute atomic E-state index is 0.0573. The second-order valence-electron chi connectivity index (χ2n) is 6.57. The summed E-state index contributed by atoms with van der Waals surface area (Å²) in [5.74, 6) is 0. The largest absolute Gasteiger partial charge is 0.398 e. The average Bonchev–Trinajstić information content (AvgIpc) is 2.68. The van der Waals surface area contributed by atoms with E-state index in [0.29, 0.717) is 0 Å². The van der Waals surface area contributed by atoms with Gasteiger partial charge in [0.25, 0.3) is 0 Å². The number of allylic oxidation sites excluding steroid dienone is 2. The van der Waals surface area contributed by atoms with E-state index < -0.39 is 0 Å². The van der Waals surface area contributed by atoms with Gasteiger partial charge >= 0.3 is 0 Å². The molecule has 0 aromatic heterocycles. The molecular weight excluding hydrogens is 210 g/mol. The Kier molecular flexibility index (Phi) is 1.83. The zero-order chi connectivity index (χ0) is 12.4. The third-order valence-corrected chi connectivity index (χ3v) is 4.17. The highest BCUT2D eigenvalue weighted by Crippen LogP contribution is 2.59. The van der Waals surface area contributed by atoms with Crippen LogP contribution in [0.5, 0.6) is 0 Å². The van der Waals surface area contributed by atoms with Gasteiger partial charge in [0.2, 0.25) is 0 Å². The molecule has 3 nitrogen and oxygen atoms in total. The van der Waals surface area contributed by atoms with Gasteiger partial charge in [-0.05, 0) is 34.5 Å². The van der Waals surface area contributed by atoms with Crippen molar-refractivity contribution in [3.63, 3.8) is 0 Å². The lowest BCUT2D eigenvalue weighted by Crippen LogP contribution is -2.23. The summed E-state index contributed by atoms with van der Waals surface area (Å²) in [5, 5.41) is 8.23. The second-order valence-corrected chi connectivity index (χ2v) is 6.57. The lowest BCUT2D eigenvalue weighted by atomic mass is 9.79. The molecular formula is C14H19N3. The molecule has 1 atom stereocenters. The van der Waals surface area contributed by atoms with Crippen LogP contribution in [0.2, 0.25) is 0 Å². The molecule has 0 unspecified atom stereocenters. The maximum Gasteiger partial charge on any atom is 0.118 e. The van der Waals surface area contributed by atoms with E-state index in [0.717, 1.165) is 17.7 Å². The molecule has 2 N–H and O–H groups in total. The van der Waals surface area contributed by atoms with E-state index in [4.69, 9.17) is 5.73 Å². The van der Waals surface area contributed by atoms with Crippen LogP contribution in [0, 0.1) is 10.8 Å². The van der Waals surface area contributed by atoms with Gasteiger partial charge in [-0.15, -0.1) is 0 Å². The smallest absolute Gasteiger partial charge is 0.118 e. The molecule has 3 rings (SSSR count). The van der Waals surface area contributed by atoms with Crippen LogP contribution in [0.3, 0.4) is 0 Å². The third-order valence-electron chi connectivity index (χ3n) is 4.17. The van der Waals surface area contributed by atoms with Crippen LogP contribution < -0.4 is 5.73 Å². The molecule has 0 radical (unpaired) electrons. The summed E-state index contributed by atoms with van der Waals surface area (Å²) in [7, 11) is 0. The molecule has 3 aliphatic rings. The molecule has 1 fully saturated rings. The Balaban J connectivity index is 2.25. The summed E-state index contributed by atoms with van der Waals surface area (Å²) >= 11 is 0. The molecule has 0 saturated heterocycles. The zero-order valence-electron chi connectivity index (χ0n) is 10.9. The van der Waals surface area contributed by atoms with E-state index >= 15 is 0 Å². The van der Waals surface area contributed by atoms with Gasteiger partial charge in [-0.1, -0.05) is 27.7 Å². The number of fused-ring (bicyclic) bond motifs is 2. The maximum atomic E-state index is 6.35. The predicted octanol–water partition coefficient (Wildman–Crippen LogP) is 3.31. The van der Waals surface area contributed by atoms with E-state index in [1.165, 1.54) is 11.1 Å². The Hall–Kier alpha value is -1.38. The summed E-state index contributed by atoms with van der Waals surface area (Å²) in [6.07, 6.45) is 5.20. The number of hydrogen-bond acceptors (Lipinski definition) is 3. The monoisotopic (exact) mass is 229 g/mol. The highest BCUT2D eigenvalue weighted by atomic mass is 15.1. The van der Waals surface area contributed by atoms with Crippen molar-refractivity contribution in [2.24, 2.45) is 26.8 Å². The van der Waals surface area contributed by atoms with Crippen LogP contribution in [0.15, 0.2) is 44.9 Å². The first-order chi connectivity index (χ1) is 7.83. The minimum atomic E-state index is 0.0573. The van der Waals surface area contributed by atoms with Crippen LogP contribution in [0.1, 0.15) is 34.1 Å². The van der Waals surface area contributed by atoms with Crippen molar-refractivity contribution in [1.29, 1.82) is 0 Å². The Labute approximate surface area is 102 Å². The van der Waals surface area contributed by atoms with Gasteiger partial charge in [-0.2, -0.15) is 10.2 Å². The summed E-state index contributed by atoms with van der Waals surface area (Å²) in [5.41, 5.74) is 11.4. The summed E-state index contributed by atoms with van der Waals surface area (Å²) in [6.45, 7) is 9.15. The van der Waals surface area contributed by atoms with E-state index in [-0.39, 0.29) is 16.9 Å². The maximum absolute atomic E-state index is 6.35. The van der Waals surface area contributed by atoms with E-state index in [9.17, 15) is 0 Å². The Morgan fingerprint density at radius 3 is 2.65 bits per heavy atom. The fraction of sp³-hybridized carbons (Fsp3) is 0.571. The lowest BCUT2D eigenvalue weighted by molar-refractivity contribution is 0.338. The molecule has 0 aromatic carbocycles. The predicted molar refractivity (Wildman–Crippen MR) is 68.2 cm³/mol. The molecule has 3 heteroatoms. The van der Waals surface area contributed by atoms with Crippen LogP contribution >= 0.6 is 0 Å². The van der Waals surface area contributed by atoms with Crippen molar-refractivity contribution in [2.75, 3.05) is 0 Å². The van der Waals surface area contributed by atoms with Gasteiger partial charge in [0.05, 0.1) is 6.20 Å². The molecule has 1 heterocycles. The fourth-order valence-electron chi connectivity index (χ4n) is 3.77. The highest BCUT2D eigenvalue weighted by molar-refractivity contribution is 5.59. The van der Waals surface area contributed by atoms with Crippen molar-refractivity contribution in [3.8, 4) is 0 Å². The SMILES string of the molecule is CC1(C)CC(C)(C)C2=C(N)C3=CN=N[C@H]3C=C21. The van der Waals surface area contributed by atoms with E-state index in [1.807, 2.05) is 6.20 Å². The first kappa shape index (κ1) is 10.8. The van der Waals surface area contributed by atoms with Gasteiger partial charge in [0, 0.05) is 11.3 Å². The molecule has 1 saturated carbocycles. The Morgan fingerprint density at radius 2 is 1.94 bits per heavy atom. The first-order valence-corrected chi connectivity index (χ1v) is 6.16. The number of nitrogens with two attached hydrogens (primary N) is 1. The molecule has 0 amide bonds. The summed E-state index contributed by atoms with van der Waals surface area (Å²) in [4.78, 5) is 0. The van der Waals surface area contributed by atoms with Gasteiger partial charge in [0.15, 0.2) is 0 Å². The van der Waals surface area contributed by atoms with Crippen LogP contribution in [-0.4, -0.2) is 6.04 Å². The van der Waals surface area contributed by atoms with Gasteiger partial charge in [0.1, 0.15) is 6.04 Å². The molecule has 17 heavy (non-hydrogen) atoms. The van der Waals surface area contributed by atoms with Gasteiger partial charge < -0.3 is 5.73 Å². The topological polar surface area (TPSA) is 50.7 Å². The standard InChI is InChI=1S/C14H19N3/c1-13(2)7-14(3,4)11-9(13)5-10-8(12(11)15)6-16-17-10/h5-6,10H,7,15H2,1-4H3/t10-/m0/s1. The van der Waals surface area contributed by atoms with Crippen LogP contribution in [0.4, 0.5) is 0 Å². The molecule has 90 valence electrons. The van der Waals surface area contributed by atoms with E-state index in [2.05, 4.69) is 44.0 Å². The van der Waals surface area contributed by atoms with Crippen molar-refractivity contribution in [1.82, 2.24) is 0 Å². The summed E-state index contributed by atoms with van der Waals surface area (Å²) in [6, 6.07) is 0.0573. The van der Waals surface area contributed by atoms with Gasteiger partial charge in [-0.3, -0.25) is 0 Å². The van der Waals surface area contributed by atoms with E-state index in [1.54, 1.807) is 0 Å². The van der Waals surface area contributed by atoms with Crippen LogP contribution in [0.25, 0.3) is 0 Å². The zero-order valence-corrected chi connectivity index (χ0v) is 10.9. The van der Waals surface area contributed by atoms with Crippen molar-refractivity contribution < 1.29 is 0 Å². The number of rotatable bonds is 0. The molecule has 0 bridgehead atoms. The molecule has 0 aromatic rings. The first-order valence-electron chi connectivity index (χ1n) is 6.16. The Bertz CT molecular complexity index is 516. The van der Waals surface area contributed by atoms with Crippen LogP contribution in [-0.2, 0) is 0 Å². The minimum Gasteiger partial charge on any atom is -0.398 e. The molecule has 1 aliphatic heterocycles. The van der Waals surface area contributed by atoms with Crippen molar-refractivity contribution in [2.45, 2.75) is 40.2 Å². The fourth-order valence-corrected chi connectivity index (χ4v) is 3.77. The molecule has 2 aliphatic carbocycles. The highest BCUT2D eigenvalue weighted by Gasteiger charge is 2.48. The lowest BCUT2D eigenvalue weighted by Gasteiger charge is -2.27. The summed E-state index contributed by atoms with van der Waals surface area (Å²) < 4.78 is 0. The second kappa shape index (κ2) is 2.89. The normalized spacial score (nSPS) is 32.1. The molecule has 0 spiro atoms. The van der Waals surface area contributed by atoms with Gasteiger partial charge in [-0.25, -0.2) is 0 Å². The third kappa shape index (κ3) is 1.28. The number of nitrogens with zero attached hydrogens (tertiary/aromatic N) is 2. The van der Waals surface area contributed by atoms with Crippen molar-refractivity contribution >= 4 is 0 Å². The van der Waals surface area contributed by atoms with Crippen molar-refractivity contribution in [3.05, 3.63) is 34.7 Å². The Morgan fingerprint density at radius 1 is 1.24 bits per heavy atom. The quantitative estimate of drug-likeness (QED) is 0.680.